The van der Waals surface area contributed by atoms with E-state index >= 15 is 0 Å². The summed E-state index contributed by atoms with van der Waals surface area (Å²) in [6.45, 7) is 8.44. The summed E-state index contributed by atoms with van der Waals surface area (Å²) in [5.41, 5.74) is 2.32. The molecule has 1 fully saturated rings. The van der Waals surface area contributed by atoms with Crippen LogP contribution in [0.2, 0.25) is 0 Å². The van der Waals surface area contributed by atoms with Gasteiger partial charge in [-0.05, 0) is 60.6 Å². The highest BCUT2D eigenvalue weighted by molar-refractivity contribution is 5.96. The molecule has 3 heterocycles. The normalized spacial score (nSPS) is 21.2. The van der Waals surface area contributed by atoms with E-state index < -0.39 is 77.8 Å². The molecule has 0 unspecified atom stereocenters. The minimum Gasteiger partial charge on any atom is -0.497 e. The van der Waals surface area contributed by atoms with Gasteiger partial charge in [0.05, 0.1) is 19.3 Å². The highest BCUT2D eigenvalue weighted by atomic mass is 16.5. The Morgan fingerprint density at radius 2 is 1.46 bits per heavy atom. The van der Waals surface area contributed by atoms with Crippen LogP contribution in [0.15, 0.2) is 71.7 Å². The largest absolute Gasteiger partial charge is 0.497 e. The van der Waals surface area contributed by atoms with Crippen molar-refractivity contribution in [3.05, 3.63) is 94.0 Å². The molecule has 0 bridgehead atoms. The van der Waals surface area contributed by atoms with Crippen molar-refractivity contribution in [2.45, 2.75) is 96.9 Å². The van der Waals surface area contributed by atoms with E-state index in [-0.39, 0.29) is 50.5 Å². The Morgan fingerprint density at radius 1 is 0.787 bits per heavy atom. The molecule has 0 aliphatic carbocycles. The van der Waals surface area contributed by atoms with Crippen LogP contribution in [-0.2, 0) is 48.0 Å². The van der Waals surface area contributed by atoms with E-state index in [9.17, 15) is 33.6 Å². The van der Waals surface area contributed by atoms with Gasteiger partial charge in [0.15, 0.2) is 0 Å². The predicted molar refractivity (Wildman–Crippen MR) is 228 cm³/mol. The van der Waals surface area contributed by atoms with Crippen molar-refractivity contribution in [1.82, 2.24) is 46.7 Å². The van der Waals surface area contributed by atoms with Crippen LogP contribution in [0.5, 0.6) is 5.75 Å². The van der Waals surface area contributed by atoms with Crippen molar-refractivity contribution >= 4 is 46.3 Å². The average Bonchev–Trinajstić information content (AvgIpc) is 3.64. The number of nitrogens with one attached hydrogen (secondary N) is 7. The number of benzene rings is 2. The van der Waals surface area contributed by atoms with E-state index in [2.05, 4.69) is 41.8 Å². The Bertz CT molecular complexity index is 2210. The zero-order valence-electron chi connectivity index (χ0n) is 35.5. The van der Waals surface area contributed by atoms with Crippen molar-refractivity contribution < 1.29 is 33.5 Å². The molecular weight excluding hydrogens is 783 g/mol. The molecule has 1 saturated heterocycles. The number of rotatable bonds is 11. The van der Waals surface area contributed by atoms with Crippen LogP contribution in [0.25, 0.3) is 10.9 Å². The average molecular weight is 840 g/mol. The van der Waals surface area contributed by atoms with Gasteiger partial charge in [0.2, 0.25) is 35.4 Å². The van der Waals surface area contributed by atoms with Crippen LogP contribution in [-0.4, -0.2) is 106 Å². The van der Waals surface area contributed by atoms with Crippen LogP contribution in [0.3, 0.4) is 0 Å². The van der Waals surface area contributed by atoms with E-state index in [1.165, 1.54) is 31.1 Å². The van der Waals surface area contributed by atoms with Crippen molar-refractivity contribution in [2.75, 3.05) is 20.2 Å². The maximum absolute atomic E-state index is 14.4. The van der Waals surface area contributed by atoms with Gasteiger partial charge in [0, 0.05) is 61.4 Å². The number of methoxy groups -OCH3 is 1. The van der Waals surface area contributed by atoms with Crippen molar-refractivity contribution in [1.29, 1.82) is 0 Å². The Kier molecular flexibility index (Phi) is 15.8. The summed E-state index contributed by atoms with van der Waals surface area (Å²) in [6.07, 6.45) is 2.11. The number of carbonyl (C=O) groups is 6. The maximum atomic E-state index is 14.4. The van der Waals surface area contributed by atoms with Gasteiger partial charge in [-0.25, -0.2) is 5.10 Å². The summed E-state index contributed by atoms with van der Waals surface area (Å²) < 4.78 is 5.29. The van der Waals surface area contributed by atoms with Crippen LogP contribution in [0.1, 0.15) is 64.3 Å². The van der Waals surface area contributed by atoms with Gasteiger partial charge in [0.25, 0.3) is 5.56 Å². The maximum Gasteiger partial charge on any atom is 0.264 e. The lowest BCUT2D eigenvalue weighted by molar-refractivity contribution is -0.138. The Balaban J connectivity index is 1.52. The number of para-hydroxylation sites is 1. The fourth-order valence-corrected chi connectivity index (χ4v) is 7.11. The lowest BCUT2D eigenvalue weighted by Crippen LogP contribution is -2.60. The van der Waals surface area contributed by atoms with E-state index in [1.807, 2.05) is 52.0 Å². The first kappa shape index (κ1) is 45.6. The molecule has 5 rings (SSSR count). The highest BCUT2D eigenvalue weighted by Crippen LogP contribution is 2.20. The summed E-state index contributed by atoms with van der Waals surface area (Å²) in [6, 6.07) is 12.1. The SMILES string of the molecule is COc1ccc(C[C@@H]2NC(=O)[C@H](CC(C)C)NC(=O)[C@@H](Cc3c[nH]c4ccccc34)NC(=O)CN(C(=O)CCc3ccc(=O)[nH]n3)C[C@H](C(C)C)NC(=O)[C@@H](C)NC2=O)cc1. The second-order valence-corrected chi connectivity index (χ2v) is 16.3. The predicted octanol–water partition coefficient (Wildman–Crippen LogP) is 1.67. The molecule has 5 atom stereocenters. The first-order chi connectivity index (χ1) is 29.1. The number of carbonyl (C=O) groups excluding carboxylic acids is 6. The number of ether oxygens (including phenoxy) is 1. The van der Waals surface area contributed by atoms with Crippen LogP contribution in [0, 0.1) is 11.8 Å². The number of aromatic nitrogens is 3. The van der Waals surface area contributed by atoms with Gasteiger partial charge in [-0.2, -0.15) is 5.10 Å². The minimum atomic E-state index is -1.20. The van der Waals surface area contributed by atoms with Gasteiger partial charge in [-0.15, -0.1) is 0 Å². The molecular formula is C44H57N9O8. The fourth-order valence-electron chi connectivity index (χ4n) is 7.11. The quantitative estimate of drug-likeness (QED) is 0.116. The third-order valence-corrected chi connectivity index (χ3v) is 10.6. The van der Waals surface area contributed by atoms with Crippen molar-refractivity contribution in [3.63, 3.8) is 0 Å². The molecule has 0 radical (unpaired) electrons. The summed E-state index contributed by atoms with van der Waals surface area (Å²) in [7, 11) is 1.54. The zero-order valence-corrected chi connectivity index (χ0v) is 35.5. The van der Waals surface area contributed by atoms with E-state index in [0.717, 1.165) is 16.5 Å². The summed E-state index contributed by atoms with van der Waals surface area (Å²) in [4.78, 5) is 101. The van der Waals surface area contributed by atoms with Crippen LogP contribution in [0.4, 0.5) is 0 Å². The molecule has 2 aromatic heterocycles. The number of hydrogen-bond acceptors (Lipinski definition) is 9. The highest BCUT2D eigenvalue weighted by Gasteiger charge is 2.34. The molecule has 7 N–H and O–H groups in total. The topological polar surface area (TPSA) is 237 Å². The Labute approximate surface area is 354 Å². The summed E-state index contributed by atoms with van der Waals surface area (Å²) in [5, 5.41) is 21.4. The molecule has 61 heavy (non-hydrogen) atoms. The Morgan fingerprint density at radius 3 is 2.13 bits per heavy atom. The first-order valence-electron chi connectivity index (χ1n) is 20.6. The molecule has 1 aliphatic rings. The lowest BCUT2D eigenvalue weighted by atomic mass is 9.99. The number of aryl methyl sites for hydroxylation is 1. The van der Waals surface area contributed by atoms with Gasteiger partial charge < -0.3 is 41.2 Å². The lowest BCUT2D eigenvalue weighted by Gasteiger charge is -2.32. The number of fused-ring (bicyclic) bond motifs is 1. The summed E-state index contributed by atoms with van der Waals surface area (Å²) in [5.74, 6) is -3.22. The monoisotopic (exact) mass is 839 g/mol. The van der Waals surface area contributed by atoms with Gasteiger partial charge in [-0.3, -0.25) is 33.6 Å². The minimum absolute atomic E-state index is 0.0362. The fraction of sp³-hybridized carbons (Fsp3) is 0.455. The molecule has 17 heteroatoms. The Hall–Kier alpha value is -6.52. The molecule has 1 aliphatic heterocycles. The van der Waals surface area contributed by atoms with Crippen molar-refractivity contribution in [3.8, 4) is 5.75 Å². The smallest absolute Gasteiger partial charge is 0.264 e. The standard InChI is InChI=1S/C44H57N9O8/c1-25(2)19-34-43(59)49-35(20-28-11-15-31(61-6)16-12-28)42(58)46-27(5)41(57)50-37(26(3)4)23-53(40(56)18-14-30-13-17-38(54)52-51-30)24-39(55)47-36(44(60)48-34)21-29-22-45-33-10-8-7-9-32(29)33/h7-13,15-17,22,25-27,34-37,45H,14,18-21,23-24H2,1-6H3,(H,46,58)(H,47,55)(H,48,60)(H,49,59)(H,50,57)(H,52,54)/t27-,34+,35+,36-,37-/m1/s1. The molecule has 0 spiro atoms. The van der Waals surface area contributed by atoms with Crippen LogP contribution >= 0.6 is 0 Å². The second-order valence-electron chi connectivity index (χ2n) is 16.3. The van der Waals surface area contributed by atoms with E-state index in [4.69, 9.17) is 4.74 Å². The number of amides is 6. The number of hydrogen-bond donors (Lipinski definition) is 7. The third kappa shape index (κ3) is 13.0. The number of aromatic amines is 2. The van der Waals surface area contributed by atoms with E-state index in [0.29, 0.717) is 17.0 Å². The van der Waals surface area contributed by atoms with Gasteiger partial charge >= 0.3 is 0 Å². The molecule has 326 valence electrons. The number of H-pyrrole nitrogens is 2. The number of nitrogens with zero attached hydrogens (tertiary/aromatic N) is 2. The summed E-state index contributed by atoms with van der Waals surface area (Å²) >= 11 is 0. The van der Waals surface area contributed by atoms with Gasteiger partial charge in [-0.1, -0.05) is 58.0 Å². The second kappa shape index (κ2) is 21.1. The molecule has 6 amide bonds. The molecule has 2 aromatic carbocycles. The third-order valence-electron chi connectivity index (χ3n) is 10.6. The first-order valence-corrected chi connectivity index (χ1v) is 20.6. The zero-order chi connectivity index (χ0) is 44.2. The molecule has 4 aromatic rings. The van der Waals surface area contributed by atoms with E-state index in [1.54, 1.807) is 30.5 Å². The van der Waals surface area contributed by atoms with Crippen molar-refractivity contribution in [2.24, 2.45) is 11.8 Å². The van der Waals surface area contributed by atoms with Crippen LogP contribution < -0.4 is 36.9 Å². The van der Waals surface area contributed by atoms with Gasteiger partial charge in [0.1, 0.15) is 29.9 Å². The molecule has 0 saturated carbocycles. The molecule has 17 nitrogen and oxygen atoms in total.